The van der Waals surface area contributed by atoms with Crippen LogP contribution in [0.25, 0.3) is 0 Å². The summed E-state index contributed by atoms with van der Waals surface area (Å²) in [4.78, 5) is 19.1. The molecule has 0 unspecified atom stereocenters. The number of carbonyl (C=O) groups excluding carboxylic acids is 2. The molecule has 0 spiro atoms. The van der Waals surface area contributed by atoms with Crippen LogP contribution in [0.1, 0.15) is 19.3 Å². The molecule has 8 heavy (non-hydrogen) atoms. The SMILES string of the molecule is O=CCCCC=O.[Zn]. The number of aldehydes is 2. The number of unbranched alkanes of at least 4 members (excludes halogenated alkanes) is 2. The Morgan fingerprint density at radius 3 is 1.62 bits per heavy atom. The second kappa shape index (κ2) is 10.1. The summed E-state index contributed by atoms with van der Waals surface area (Å²) in [5, 5.41) is 0. The number of carbonyl (C=O) groups is 2. The molecule has 0 amide bonds. The summed E-state index contributed by atoms with van der Waals surface area (Å²) in [5.74, 6) is 0. The summed E-state index contributed by atoms with van der Waals surface area (Å²) in [6, 6.07) is 0. The Morgan fingerprint density at radius 2 is 1.38 bits per heavy atom. The van der Waals surface area contributed by atoms with Gasteiger partial charge in [-0.15, -0.1) is 0 Å². The van der Waals surface area contributed by atoms with Gasteiger partial charge in [0.2, 0.25) is 0 Å². The van der Waals surface area contributed by atoms with E-state index in [0.717, 1.165) is 12.6 Å². The average Bonchev–Trinajstić information content (AvgIpc) is 1.69. The van der Waals surface area contributed by atoms with Crippen molar-refractivity contribution in [2.75, 3.05) is 0 Å². The van der Waals surface area contributed by atoms with E-state index in [4.69, 9.17) is 0 Å². The molecular weight excluding hydrogens is 157 g/mol. The van der Waals surface area contributed by atoms with E-state index in [0.29, 0.717) is 19.3 Å². The number of hydrogen-bond acceptors (Lipinski definition) is 2. The molecule has 0 atom stereocenters. The van der Waals surface area contributed by atoms with Gasteiger partial charge in [0, 0.05) is 32.3 Å². The molecule has 0 bridgehead atoms. The molecule has 0 saturated carbocycles. The minimum absolute atomic E-state index is 0. The summed E-state index contributed by atoms with van der Waals surface area (Å²) < 4.78 is 0. The fraction of sp³-hybridized carbons (Fsp3) is 0.600. The maximum atomic E-state index is 9.56. The molecule has 0 aromatic rings. The zero-order valence-corrected chi connectivity index (χ0v) is 7.77. The first-order valence-electron chi connectivity index (χ1n) is 2.29. The predicted octanol–water partition coefficient (Wildman–Crippen LogP) is 0.552. The smallest absolute Gasteiger partial charge is 0.120 e. The summed E-state index contributed by atoms with van der Waals surface area (Å²) in [6.45, 7) is 0. The molecule has 2 nitrogen and oxygen atoms in total. The quantitative estimate of drug-likeness (QED) is 0.346. The minimum atomic E-state index is 0. The summed E-state index contributed by atoms with van der Waals surface area (Å²) in [5.41, 5.74) is 0. The first-order valence-corrected chi connectivity index (χ1v) is 2.29. The molecule has 0 aliphatic heterocycles. The number of hydrogen-bond donors (Lipinski definition) is 0. The molecule has 0 rings (SSSR count). The van der Waals surface area contributed by atoms with Gasteiger partial charge in [-0.1, -0.05) is 0 Å². The van der Waals surface area contributed by atoms with E-state index in [-0.39, 0.29) is 19.5 Å². The fourth-order valence-electron chi connectivity index (χ4n) is 0.285. The Bertz CT molecular complexity index is 55.4. The van der Waals surface area contributed by atoms with Gasteiger partial charge < -0.3 is 9.59 Å². The first kappa shape index (κ1) is 10.9. The first-order chi connectivity index (χ1) is 3.41. The van der Waals surface area contributed by atoms with Crippen LogP contribution < -0.4 is 0 Å². The van der Waals surface area contributed by atoms with E-state index in [9.17, 15) is 9.59 Å². The Morgan fingerprint density at radius 1 is 1.00 bits per heavy atom. The molecule has 0 aromatic heterocycles. The van der Waals surface area contributed by atoms with Gasteiger partial charge >= 0.3 is 0 Å². The Hall–Kier alpha value is -0.0366. The Kier molecular flexibility index (Phi) is 13.6. The number of rotatable bonds is 4. The second-order valence-corrected chi connectivity index (χ2v) is 1.26. The second-order valence-electron chi connectivity index (χ2n) is 1.26. The molecule has 0 N–H and O–H groups in total. The van der Waals surface area contributed by atoms with Crippen molar-refractivity contribution in [3.05, 3.63) is 0 Å². The molecule has 0 saturated heterocycles. The van der Waals surface area contributed by atoms with Crippen molar-refractivity contribution in [1.29, 1.82) is 0 Å². The van der Waals surface area contributed by atoms with Crippen LogP contribution in [0.5, 0.6) is 0 Å². The normalized spacial score (nSPS) is 7.00. The van der Waals surface area contributed by atoms with Gasteiger partial charge in [0.1, 0.15) is 12.6 Å². The van der Waals surface area contributed by atoms with Crippen molar-refractivity contribution in [3.63, 3.8) is 0 Å². The summed E-state index contributed by atoms with van der Waals surface area (Å²) in [6.07, 6.45) is 3.37. The standard InChI is InChI=1S/C5H8O2.Zn/c6-4-2-1-3-5-7;/h4-5H,1-3H2;. The van der Waals surface area contributed by atoms with Crippen molar-refractivity contribution < 1.29 is 29.1 Å². The molecule has 0 aliphatic rings. The minimum Gasteiger partial charge on any atom is -0.303 e. The molecule has 42 valence electrons. The molecular formula is C5H8O2Zn. The van der Waals surface area contributed by atoms with Gasteiger partial charge in [0.05, 0.1) is 0 Å². The zero-order valence-electron chi connectivity index (χ0n) is 4.80. The van der Waals surface area contributed by atoms with Crippen LogP contribution in [0, 0.1) is 0 Å². The van der Waals surface area contributed by atoms with Crippen molar-refractivity contribution in [1.82, 2.24) is 0 Å². The van der Waals surface area contributed by atoms with Crippen LogP contribution in [-0.4, -0.2) is 12.6 Å². The van der Waals surface area contributed by atoms with Gasteiger partial charge in [-0.3, -0.25) is 0 Å². The molecule has 0 radical (unpaired) electrons. The van der Waals surface area contributed by atoms with Gasteiger partial charge in [0.15, 0.2) is 0 Å². The van der Waals surface area contributed by atoms with Crippen molar-refractivity contribution in [3.8, 4) is 0 Å². The van der Waals surface area contributed by atoms with E-state index in [2.05, 4.69) is 0 Å². The monoisotopic (exact) mass is 164 g/mol. The third-order valence-electron chi connectivity index (χ3n) is 0.644. The van der Waals surface area contributed by atoms with E-state index in [1.807, 2.05) is 0 Å². The van der Waals surface area contributed by atoms with Crippen LogP contribution in [0.15, 0.2) is 0 Å². The van der Waals surface area contributed by atoms with Crippen molar-refractivity contribution in [2.45, 2.75) is 19.3 Å². The topological polar surface area (TPSA) is 34.1 Å². The van der Waals surface area contributed by atoms with E-state index >= 15 is 0 Å². The summed E-state index contributed by atoms with van der Waals surface area (Å²) >= 11 is 0. The third kappa shape index (κ3) is 9.35. The zero-order chi connectivity index (χ0) is 5.54. The van der Waals surface area contributed by atoms with E-state index < -0.39 is 0 Å². The third-order valence-corrected chi connectivity index (χ3v) is 0.644. The largest absolute Gasteiger partial charge is 0.303 e. The van der Waals surface area contributed by atoms with E-state index in [1.165, 1.54) is 0 Å². The van der Waals surface area contributed by atoms with Crippen LogP contribution >= 0.6 is 0 Å². The molecule has 0 heterocycles. The van der Waals surface area contributed by atoms with Crippen LogP contribution in [0.2, 0.25) is 0 Å². The summed E-state index contributed by atoms with van der Waals surface area (Å²) in [7, 11) is 0. The molecule has 0 aromatic carbocycles. The van der Waals surface area contributed by atoms with Gasteiger partial charge in [0.25, 0.3) is 0 Å². The van der Waals surface area contributed by atoms with Crippen molar-refractivity contribution in [2.24, 2.45) is 0 Å². The van der Waals surface area contributed by atoms with Gasteiger partial charge in [-0.05, 0) is 6.42 Å². The van der Waals surface area contributed by atoms with Gasteiger partial charge in [-0.25, -0.2) is 0 Å². The van der Waals surface area contributed by atoms with Gasteiger partial charge in [-0.2, -0.15) is 0 Å². The maximum absolute atomic E-state index is 9.56. The van der Waals surface area contributed by atoms with Crippen molar-refractivity contribution >= 4 is 12.6 Å². The molecule has 0 aliphatic carbocycles. The average molecular weight is 166 g/mol. The van der Waals surface area contributed by atoms with Crippen LogP contribution in [-0.2, 0) is 29.1 Å². The molecule has 0 fully saturated rings. The fourth-order valence-corrected chi connectivity index (χ4v) is 0.285. The predicted molar refractivity (Wildman–Crippen MR) is 26.0 cm³/mol. The van der Waals surface area contributed by atoms with E-state index in [1.54, 1.807) is 0 Å². The van der Waals surface area contributed by atoms with Crippen LogP contribution in [0.4, 0.5) is 0 Å². The Labute approximate surface area is 61.4 Å². The Balaban J connectivity index is 0. The molecule has 3 heteroatoms. The van der Waals surface area contributed by atoms with Crippen LogP contribution in [0.3, 0.4) is 0 Å². The maximum Gasteiger partial charge on any atom is 0.120 e.